The Bertz CT molecular complexity index is 890. The standard InChI is InChI=1S/C19H16FNO3S/c1-23-14-7-8-15(16(11-14)24-2)21-19(22)18-10-9-17(25-18)12-3-5-13(20)6-4-12/h3-11H,1-2H3,(H,21,22). The molecule has 0 bridgehead atoms. The summed E-state index contributed by atoms with van der Waals surface area (Å²) in [7, 11) is 3.10. The van der Waals surface area contributed by atoms with Crippen LogP contribution in [0.2, 0.25) is 0 Å². The number of nitrogens with one attached hydrogen (secondary N) is 1. The lowest BCUT2D eigenvalue weighted by Crippen LogP contribution is -2.11. The fourth-order valence-electron chi connectivity index (χ4n) is 2.31. The van der Waals surface area contributed by atoms with E-state index in [9.17, 15) is 9.18 Å². The molecule has 1 amide bonds. The van der Waals surface area contributed by atoms with Crippen LogP contribution in [0.5, 0.6) is 11.5 Å². The maximum Gasteiger partial charge on any atom is 0.265 e. The first-order valence-electron chi connectivity index (χ1n) is 7.50. The zero-order valence-corrected chi connectivity index (χ0v) is 14.5. The van der Waals surface area contributed by atoms with Gasteiger partial charge in [-0.15, -0.1) is 11.3 Å². The van der Waals surface area contributed by atoms with E-state index >= 15 is 0 Å². The van der Waals surface area contributed by atoms with Gasteiger partial charge in [-0.1, -0.05) is 12.1 Å². The zero-order valence-electron chi connectivity index (χ0n) is 13.7. The van der Waals surface area contributed by atoms with Crippen molar-refractivity contribution in [2.75, 3.05) is 19.5 Å². The van der Waals surface area contributed by atoms with Crippen LogP contribution in [0.25, 0.3) is 10.4 Å². The molecule has 0 fully saturated rings. The molecule has 25 heavy (non-hydrogen) atoms. The highest BCUT2D eigenvalue weighted by molar-refractivity contribution is 7.17. The molecule has 128 valence electrons. The van der Waals surface area contributed by atoms with E-state index < -0.39 is 0 Å². The summed E-state index contributed by atoms with van der Waals surface area (Å²) in [6.45, 7) is 0. The highest BCUT2D eigenvalue weighted by Gasteiger charge is 2.13. The predicted octanol–water partition coefficient (Wildman–Crippen LogP) is 4.82. The first kappa shape index (κ1) is 17.0. The third-order valence-electron chi connectivity index (χ3n) is 3.62. The minimum absolute atomic E-state index is 0.234. The molecule has 1 aromatic heterocycles. The van der Waals surface area contributed by atoms with E-state index in [1.165, 1.54) is 30.6 Å². The van der Waals surface area contributed by atoms with E-state index in [1.807, 2.05) is 6.07 Å². The molecule has 1 N–H and O–H groups in total. The predicted molar refractivity (Wildman–Crippen MR) is 97.2 cm³/mol. The van der Waals surface area contributed by atoms with Crippen molar-refractivity contribution in [3.63, 3.8) is 0 Å². The lowest BCUT2D eigenvalue weighted by molar-refractivity contribution is 0.103. The van der Waals surface area contributed by atoms with Gasteiger partial charge in [-0.25, -0.2) is 4.39 Å². The number of hydrogen-bond donors (Lipinski definition) is 1. The van der Waals surface area contributed by atoms with Crippen molar-refractivity contribution in [3.8, 4) is 21.9 Å². The highest BCUT2D eigenvalue weighted by Crippen LogP contribution is 2.32. The molecule has 0 unspecified atom stereocenters. The summed E-state index contributed by atoms with van der Waals surface area (Å²) in [5, 5.41) is 2.83. The minimum atomic E-state index is -0.287. The lowest BCUT2D eigenvalue weighted by Gasteiger charge is -2.11. The van der Waals surface area contributed by atoms with Crippen LogP contribution in [0.15, 0.2) is 54.6 Å². The molecule has 0 radical (unpaired) electrons. The summed E-state index contributed by atoms with van der Waals surface area (Å²) >= 11 is 1.34. The van der Waals surface area contributed by atoms with Crippen molar-refractivity contribution in [1.29, 1.82) is 0 Å². The van der Waals surface area contributed by atoms with E-state index in [4.69, 9.17) is 9.47 Å². The minimum Gasteiger partial charge on any atom is -0.497 e. The summed E-state index contributed by atoms with van der Waals surface area (Å²) in [5.74, 6) is 0.638. The summed E-state index contributed by atoms with van der Waals surface area (Å²) in [4.78, 5) is 13.9. The molecule has 0 spiro atoms. The van der Waals surface area contributed by atoms with Gasteiger partial charge < -0.3 is 14.8 Å². The van der Waals surface area contributed by atoms with Gasteiger partial charge in [-0.3, -0.25) is 4.79 Å². The Morgan fingerprint density at radius 1 is 1.00 bits per heavy atom. The van der Waals surface area contributed by atoms with E-state index in [0.717, 1.165) is 10.4 Å². The molecule has 1 heterocycles. The highest BCUT2D eigenvalue weighted by atomic mass is 32.1. The van der Waals surface area contributed by atoms with Gasteiger partial charge in [-0.05, 0) is 42.0 Å². The molecule has 0 aliphatic heterocycles. The summed E-state index contributed by atoms with van der Waals surface area (Å²) in [6, 6.07) is 14.9. The quantitative estimate of drug-likeness (QED) is 0.712. The Balaban J connectivity index is 1.79. The van der Waals surface area contributed by atoms with Gasteiger partial charge in [-0.2, -0.15) is 0 Å². The van der Waals surface area contributed by atoms with Gasteiger partial charge in [0.15, 0.2) is 0 Å². The van der Waals surface area contributed by atoms with Crippen molar-refractivity contribution >= 4 is 22.9 Å². The lowest BCUT2D eigenvalue weighted by atomic mass is 10.2. The molecule has 6 heteroatoms. The SMILES string of the molecule is COc1ccc(NC(=O)c2ccc(-c3ccc(F)cc3)s2)c(OC)c1. The number of carbonyl (C=O) groups is 1. The Morgan fingerprint density at radius 2 is 1.76 bits per heavy atom. The average Bonchev–Trinajstić information content (AvgIpc) is 3.13. The number of rotatable bonds is 5. The first-order valence-corrected chi connectivity index (χ1v) is 8.31. The van der Waals surface area contributed by atoms with E-state index in [1.54, 1.807) is 43.5 Å². The Kier molecular flexibility index (Phi) is 5.00. The van der Waals surface area contributed by atoms with Crippen LogP contribution in [0.3, 0.4) is 0 Å². The number of thiophene rings is 1. The number of amides is 1. The molecule has 0 aliphatic carbocycles. The van der Waals surface area contributed by atoms with Gasteiger partial charge in [0.25, 0.3) is 5.91 Å². The molecule has 3 aromatic rings. The van der Waals surface area contributed by atoms with Crippen LogP contribution in [-0.4, -0.2) is 20.1 Å². The number of methoxy groups -OCH3 is 2. The van der Waals surface area contributed by atoms with E-state index in [0.29, 0.717) is 22.1 Å². The van der Waals surface area contributed by atoms with E-state index in [-0.39, 0.29) is 11.7 Å². The molecule has 0 aliphatic rings. The van der Waals surface area contributed by atoms with Crippen molar-refractivity contribution in [3.05, 3.63) is 65.3 Å². The molecule has 3 rings (SSSR count). The van der Waals surface area contributed by atoms with Crippen molar-refractivity contribution < 1.29 is 18.7 Å². The third-order valence-corrected chi connectivity index (χ3v) is 4.75. The fourth-order valence-corrected chi connectivity index (χ4v) is 3.22. The number of anilines is 1. The third kappa shape index (κ3) is 3.80. The molecule has 0 saturated carbocycles. The van der Waals surface area contributed by atoms with Crippen LogP contribution in [0.4, 0.5) is 10.1 Å². The first-order chi connectivity index (χ1) is 12.1. The van der Waals surface area contributed by atoms with Crippen molar-refractivity contribution in [1.82, 2.24) is 0 Å². The number of benzene rings is 2. The second-order valence-corrected chi connectivity index (χ2v) is 6.27. The molecule has 2 aromatic carbocycles. The molecule has 0 atom stereocenters. The smallest absolute Gasteiger partial charge is 0.265 e. The van der Waals surface area contributed by atoms with Crippen LogP contribution in [-0.2, 0) is 0 Å². The normalized spacial score (nSPS) is 10.4. The van der Waals surface area contributed by atoms with E-state index in [2.05, 4.69) is 5.32 Å². The number of carbonyl (C=O) groups excluding carboxylic acids is 1. The molecular weight excluding hydrogens is 341 g/mol. The second-order valence-electron chi connectivity index (χ2n) is 5.19. The Labute approximate surface area is 148 Å². The fraction of sp³-hybridized carbons (Fsp3) is 0.105. The number of halogens is 1. The van der Waals surface area contributed by atoms with Crippen LogP contribution in [0, 0.1) is 5.82 Å². The number of ether oxygens (including phenoxy) is 2. The largest absolute Gasteiger partial charge is 0.497 e. The summed E-state index contributed by atoms with van der Waals surface area (Å²) in [5.41, 5.74) is 1.43. The topological polar surface area (TPSA) is 47.6 Å². The second kappa shape index (κ2) is 7.36. The summed E-state index contributed by atoms with van der Waals surface area (Å²) < 4.78 is 23.5. The monoisotopic (exact) mass is 357 g/mol. The van der Waals surface area contributed by atoms with Gasteiger partial charge in [0.1, 0.15) is 17.3 Å². The average molecular weight is 357 g/mol. The Hall–Kier alpha value is -2.86. The van der Waals surface area contributed by atoms with Crippen LogP contribution >= 0.6 is 11.3 Å². The van der Waals surface area contributed by atoms with Crippen molar-refractivity contribution in [2.45, 2.75) is 0 Å². The summed E-state index contributed by atoms with van der Waals surface area (Å²) in [6.07, 6.45) is 0. The maximum atomic E-state index is 13.0. The van der Waals surface area contributed by atoms with Gasteiger partial charge in [0.2, 0.25) is 0 Å². The van der Waals surface area contributed by atoms with Gasteiger partial charge >= 0.3 is 0 Å². The van der Waals surface area contributed by atoms with Crippen LogP contribution < -0.4 is 14.8 Å². The maximum absolute atomic E-state index is 13.0. The molecular formula is C19H16FNO3S. The Morgan fingerprint density at radius 3 is 2.44 bits per heavy atom. The molecule has 4 nitrogen and oxygen atoms in total. The molecule has 0 saturated heterocycles. The van der Waals surface area contributed by atoms with Crippen LogP contribution in [0.1, 0.15) is 9.67 Å². The zero-order chi connectivity index (χ0) is 17.8. The van der Waals surface area contributed by atoms with Crippen molar-refractivity contribution in [2.24, 2.45) is 0 Å². The number of hydrogen-bond acceptors (Lipinski definition) is 4. The van der Waals surface area contributed by atoms with Gasteiger partial charge in [0, 0.05) is 10.9 Å². The van der Waals surface area contributed by atoms with Gasteiger partial charge in [0.05, 0.1) is 24.8 Å².